The van der Waals surface area contributed by atoms with E-state index in [0.29, 0.717) is 25.0 Å². The zero-order chi connectivity index (χ0) is 45.4. The van der Waals surface area contributed by atoms with E-state index in [-0.39, 0.29) is 12.8 Å². The number of ether oxygens (including phenoxy) is 3. The van der Waals surface area contributed by atoms with Crippen LogP contribution in [-0.2, 0) is 37.4 Å². The van der Waals surface area contributed by atoms with E-state index in [9.17, 15) is 44.6 Å². The average Bonchev–Trinajstić information content (AvgIpc) is 4.01. The molecule has 5 unspecified atom stereocenters. The van der Waals surface area contributed by atoms with Gasteiger partial charge in [-0.15, -0.1) is 0 Å². The number of aliphatic hydroxyl groups is 5. The van der Waals surface area contributed by atoms with Crippen LogP contribution in [0.25, 0.3) is 0 Å². The molecule has 0 amide bonds. The second-order valence-corrected chi connectivity index (χ2v) is 18.0. The van der Waals surface area contributed by atoms with Crippen molar-refractivity contribution in [2.45, 2.75) is 223 Å². The molecule has 0 aromatic heterocycles. The molecule has 0 aromatic rings. The molecule has 358 valence electrons. The van der Waals surface area contributed by atoms with Crippen molar-refractivity contribution in [2.24, 2.45) is 0 Å². The maximum atomic E-state index is 12.8. The van der Waals surface area contributed by atoms with Gasteiger partial charge in [-0.1, -0.05) is 127 Å². The van der Waals surface area contributed by atoms with Gasteiger partial charge in [-0.25, -0.2) is 4.57 Å². The van der Waals surface area contributed by atoms with Crippen LogP contribution in [0.1, 0.15) is 168 Å². The summed E-state index contributed by atoms with van der Waals surface area (Å²) in [6, 6.07) is 0. The van der Waals surface area contributed by atoms with Gasteiger partial charge in [-0.2, -0.15) is 0 Å². The van der Waals surface area contributed by atoms with E-state index in [0.717, 1.165) is 89.9 Å². The Labute approximate surface area is 371 Å². The van der Waals surface area contributed by atoms with Crippen LogP contribution >= 0.6 is 7.82 Å². The predicted molar refractivity (Wildman–Crippen MR) is 239 cm³/mol. The number of carbonyl (C=O) groups excluding carboxylic acids is 2. The molecule has 1 heterocycles. The molecule has 2 aliphatic rings. The summed E-state index contributed by atoms with van der Waals surface area (Å²) < 4.78 is 39.3. The molecule has 1 aliphatic carbocycles. The molecule has 6 N–H and O–H groups in total. The van der Waals surface area contributed by atoms with Gasteiger partial charge in [0.1, 0.15) is 43.2 Å². The molecule has 1 saturated heterocycles. The summed E-state index contributed by atoms with van der Waals surface area (Å²) in [6.45, 7) is 3.20. The standard InChI is InChI=1S/C47H81O14P/c1-3-5-7-9-11-12-13-14-15-16-17-18-19-20-21-25-30-34-41(49)59-37(36-58-62(55,56)61-47-45(53)43(51)42(50)44(52)46(47)54)35-57-40(48)33-29-26-22-24-28-32-39-38(60-39)31-27-23-10-8-6-4-2/h11-12,14-15,17-18,23,27,37-39,42-47,50-54H,3-10,13,16,19-22,24-26,28-36H2,1-2H3,(H,55,56)/b12-11-,15-14-,18-17-,27-23-/t37-,38?,39?,42?,43-,44+,45-,46-,47?/m1/s1. The average molecular weight is 901 g/mol. The van der Waals surface area contributed by atoms with Crippen LogP contribution in [0.5, 0.6) is 0 Å². The van der Waals surface area contributed by atoms with Gasteiger partial charge in [0.15, 0.2) is 6.10 Å². The molecular weight excluding hydrogens is 819 g/mol. The van der Waals surface area contributed by atoms with Crippen LogP contribution in [0.3, 0.4) is 0 Å². The minimum Gasteiger partial charge on any atom is -0.462 e. The van der Waals surface area contributed by atoms with Gasteiger partial charge < -0.3 is 44.6 Å². The fraction of sp³-hybridized carbons (Fsp3) is 0.787. The quantitative estimate of drug-likeness (QED) is 0.0114. The molecule has 1 saturated carbocycles. The highest BCUT2D eigenvalue weighted by Gasteiger charge is 2.51. The van der Waals surface area contributed by atoms with Crippen molar-refractivity contribution in [1.29, 1.82) is 0 Å². The lowest BCUT2D eigenvalue weighted by Crippen LogP contribution is -2.64. The highest BCUT2D eigenvalue weighted by atomic mass is 31.2. The second-order valence-electron chi connectivity index (χ2n) is 16.6. The third-order valence-corrected chi connectivity index (χ3v) is 12.1. The van der Waals surface area contributed by atoms with Crippen molar-refractivity contribution in [3.8, 4) is 0 Å². The molecule has 62 heavy (non-hydrogen) atoms. The first kappa shape index (κ1) is 55.9. The molecule has 14 nitrogen and oxygen atoms in total. The minimum absolute atomic E-state index is 0.0632. The number of phosphoric ester groups is 1. The molecule has 0 bridgehead atoms. The van der Waals surface area contributed by atoms with Crippen LogP contribution < -0.4 is 0 Å². The lowest BCUT2D eigenvalue weighted by molar-refractivity contribution is -0.220. The lowest BCUT2D eigenvalue weighted by Gasteiger charge is -2.41. The zero-order valence-electron chi connectivity index (χ0n) is 37.6. The molecule has 10 atom stereocenters. The lowest BCUT2D eigenvalue weighted by atomic mass is 9.85. The molecule has 2 fully saturated rings. The van der Waals surface area contributed by atoms with Gasteiger partial charge in [0.2, 0.25) is 0 Å². The number of carbonyl (C=O) groups is 2. The Morgan fingerprint density at radius 3 is 1.66 bits per heavy atom. The van der Waals surface area contributed by atoms with Crippen molar-refractivity contribution >= 4 is 19.8 Å². The first-order valence-electron chi connectivity index (χ1n) is 23.6. The van der Waals surface area contributed by atoms with Crippen molar-refractivity contribution < 1.29 is 67.8 Å². The molecule has 1 aliphatic heterocycles. The van der Waals surface area contributed by atoms with Crippen LogP contribution in [-0.4, -0.2) is 111 Å². The number of phosphoric acid groups is 1. The Balaban J connectivity index is 1.72. The van der Waals surface area contributed by atoms with Gasteiger partial charge in [0.25, 0.3) is 0 Å². The number of allylic oxidation sites excluding steroid dienone is 7. The summed E-state index contributed by atoms with van der Waals surface area (Å²) in [7, 11) is -5.13. The maximum Gasteiger partial charge on any atom is 0.472 e. The summed E-state index contributed by atoms with van der Waals surface area (Å²) >= 11 is 0. The van der Waals surface area contributed by atoms with Crippen LogP contribution in [0, 0.1) is 0 Å². The van der Waals surface area contributed by atoms with Crippen LogP contribution in [0.15, 0.2) is 48.6 Å². The summed E-state index contributed by atoms with van der Waals surface area (Å²) in [4.78, 5) is 35.8. The molecule has 0 aromatic carbocycles. The Kier molecular flexibility index (Phi) is 30.8. The van der Waals surface area contributed by atoms with Crippen molar-refractivity contribution in [3.05, 3.63) is 48.6 Å². The monoisotopic (exact) mass is 901 g/mol. The van der Waals surface area contributed by atoms with Gasteiger partial charge in [-0.3, -0.25) is 18.6 Å². The van der Waals surface area contributed by atoms with Gasteiger partial charge in [0.05, 0.1) is 18.8 Å². The highest BCUT2D eigenvalue weighted by Crippen LogP contribution is 2.47. The third kappa shape index (κ3) is 25.9. The first-order chi connectivity index (χ1) is 29.9. The Hall–Kier alpha value is -2.23. The Morgan fingerprint density at radius 2 is 1.06 bits per heavy atom. The van der Waals surface area contributed by atoms with Crippen molar-refractivity contribution in [2.75, 3.05) is 13.2 Å². The molecule has 15 heteroatoms. The maximum absolute atomic E-state index is 12.8. The smallest absolute Gasteiger partial charge is 0.462 e. The number of rotatable bonds is 37. The Bertz CT molecular complexity index is 1340. The topological polar surface area (TPSA) is 222 Å². The van der Waals surface area contributed by atoms with E-state index >= 15 is 0 Å². The number of unbranched alkanes of at least 4 members (excludes halogenated alkanes) is 14. The van der Waals surface area contributed by atoms with E-state index in [1.165, 1.54) is 38.5 Å². The highest BCUT2D eigenvalue weighted by molar-refractivity contribution is 7.47. The molecule has 0 radical (unpaired) electrons. The van der Waals surface area contributed by atoms with E-state index in [2.05, 4.69) is 62.5 Å². The van der Waals surface area contributed by atoms with Gasteiger partial charge in [0, 0.05) is 12.8 Å². The van der Waals surface area contributed by atoms with Crippen molar-refractivity contribution in [1.82, 2.24) is 0 Å². The van der Waals surface area contributed by atoms with Crippen LogP contribution in [0.2, 0.25) is 0 Å². The minimum atomic E-state index is -5.13. The van der Waals surface area contributed by atoms with Gasteiger partial charge in [-0.05, 0) is 77.0 Å². The third-order valence-electron chi connectivity index (χ3n) is 11.1. The summed E-state index contributed by atoms with van der Waals surface area (Å²) in [6.07, 6.45) is 27.5. The number of hydrogen-bond donors (Lipinski definition) is 6. The number of epoxide rings is 1. The van der Waals surface area contributed by atoms with Crippen LogP contribution in [0.4, 0.5) is 0 Å². The fourth-order valence-corrected chi connectivity index (χ4v) is 8.10. The summed E-state index contributed by atoms with van der Waals surface area (Å²) in [5, 5.41) is 50.2. The largest absolute Gasteiger partial charge is 0.472 e. The zero-order valence-corrected chi connectivity index (χ0v) is 38.5. The fourth-order valence-electron chi connectivity index (χ4n) is 7.12. The first-order valence-corrected chi connectivity index (χ1v) is 25.1. The summed E-state index contributed by atoms with van der Waals surface area (Å²) in [5.41, 5.74) is 0. The number of esters is 2. The number of aliphatic hydroxyl groups excluding tert-OH is 5. The van der Waals surface area contributed by atoms with E-state index in [1.54, 1.807) is 0 Å². The van der Waals surface area contributed by atoms with E-state index < -0.39 is 75.7 Å². The SMILES string of the molecule is CCCCC/C=C\C/C=C\C/C=C\CCCCCCC(=O)O[C@H](COC(=O)CCCCCCCC1OC1C/C=C\CCCCC)COP(=O)(O)OC1[C@H](O)[C@H](O)C(O)[C@H](O)[C@H]1O. The normalized spacial score (nSPS) is 25.5. The van der Waals surface area contributed by atoms with E-state index in [4.69, 9.17) is 23.3 Å². The number of hydrogen-bond acceptors (Lipinski definition) is 13. The second kappa shape index (κ2) is 34.2. The molecule has 0 spiro atoms. The van der Waals surface area contributed by atoms with Gasteiger partial charge >= 0.3 is 19.8 Å². The molecule has 2 rings (SSSR count). The molecular formula is C47H81O14P. The summed E-state index contributed by atoms with van der Waals surface area (Å²) in [5.74, 6) is -1.15. The van der Waals surface area contributed by atoms with Crippen molar-refractivity contribution in [3.63, 3.8) is 0 Å². The Morgan fingerprint density at radius 1 is 0.581 bits per heavy atom. The van der Waals surface area contributed by atoms with E-state index in [1.807, 2.05) is 0 Å². The predicted octanol–water partition coefficient (Wildman–Crippen LogP) is 8.16.